The van der Waals surface area contributed by atoms with E-state index in [1.807, 2.05) is 30.3 Å². The Bertz CT molecular complexity index is 652. The van der Waals surface area contributed by atoms with Gasteiger partial charge in [0.1, 0.15) is 0 Å². The van der Waals surface area contributed by atoms with Crippen molar-refractivity contribution in [2.75, 3.05) is 11.2 Å². The Morgan fingerprint density at radius 2 is 1.79 bits per heavy atom. The molecule has 0 fully saturated rings. The van der Waals surface area contributed by atoms with Crippen LogP contribution in [-0.4, -0.2) is 10.1 Å². The van der Waals surface area contributed by atoms with Gasteiger partial charge < -0.3 is 5.32 Å². The van der Waals surface area contributed by atoms with E-state index in [4.69, 9.17) is 23.2 Å². The second-order valence-corrected chi connectivity index (χ2v) is 6.74. The van der Waals surface area contributed by atoms with E-state index in [0.717, 1.165) is 28.1 Å². The smallest absolute Gasteiger partial charge is 0.0959 e. The summed E-state index contributed by atoms with van der Waals surface area (Å²) in [6.07, 6.45) is 0.727. The van der Waals surface area contributed by atoms with Gasteiger partial charge in [-0.15, -0.1) is 0 Å². The third kappa shape index (κ3) is 2.78. The van der Waals surface area contributed by atoms with Crippen molar-refractivity contribution in [1.82, 2.24) is 0 Å². The van der Waals surface area contributed by atoms with Crippen LogP contribution in [0.1, 0.15) is 11.1 Å². The fraction of sp³-hybridized carbons (Fsp3) is 0.143. The van der Waals surface area contributed by atoms with E-state index >= 15 is 0 Å². The molecule has 0 aromatic heterocycles. The number of hydrogen-bond acceptors (Lipinski definition) is 2. The van der Waals surface area contributed by atoms with Crippen LogP contribution in [0.15, 0.2) is 41.3 Å². The van der Waals surface area contributed by atoms with Crippen molar-refractivity contribution in [2.45, 2.75) is 11.3 Å². The monoisotopic (exact) mass is 311 g/mol. The van der Waals surface area contributed by atoms with E-state index in [1.165, 1.54) is 0 Å². The van der Waals surface area contributed by atoms with E-state index in [1.54, 1.807) is 6.07 Å². The molecule has 5 heteroatoms. The molecule has 3 rings (SSSR count). The molecule has 1 aliphatic rings. The summed E-state index contributed by atoms with van der Waals surface area (Å²) in [5, 5.41) is 4.38. The average Bonchev–Trinajstić information content (AvgIpc) is 2.70. The first-order chi connectivity index (χ1) is 9.11. The highest BCUT2D eigenvalue weighted by Gasteiger charge is 2.17. The average molecular weight is 312 g/mol. The zero-order chi connectivity index (χ0) is 13.4. The maximum atomic E-state index is 11.8. The molecule has 0 aliphatic carbocycles. The molecule has 2 aromatic carbocycles. The van der Waals surface area contributed by atoms with Gasteiger partial charge in [-0.2, -0.15) is 0 Å². The third-order valence-electron chi connectivity index (χ3n) is 3.02. The van der Waals surface area contributed by atoms with Crippen molar-refractivity contribution in [2.24, 2.45) is 0 Å². The Hall–Kier alpha value is -1.03. The first-order valence-corrected chi connectivity index (χ1v) is 7.89. The molecule has 1 heterocycles. The van der Waals surface area contributed by atoms with Crippen LogP contribution in [-0.2, 0) is 17.2 Å². The molecule has 1 N–H and O–H groups in total. The van der Waals surface area contributed by atoms with Crippen LogP contribution in [0.25, 0.3) is 0 Å². The summed E-state index contributed by atoms with van der Waals surface area (Å²) in [5.41, 5.74) is 3.12. The van der Waals surface area contributed by atoms with Crippen LogP contribution in [0.2, 0.25) is 10.0 Å². The number of anilines is 1. The fourth-order valence-electron chi connectivity index (χ4n) is 2.18. The van der Waals surface area contributed by atoms with Gasteiger partial charge in [-0.3, -0.25) is 4.21 Å². The summed E-state index contributed by atoms with van der Waals surface area (Å²) in [6, 6.07) is 11.5. The topological polar surface area (TPSA) is 29.1 Å². The van der Waals surface area contributed by atoms with Crippen LogP contribution in [0, 0.1) is 0 Å². The summed E-state index contributed by atoms with van der Waals surface area (Å²) in [6.45, 7) is 0. The lowest BCUT2D eigenvalue weighted by molar-refractivity contribution is 0.686. The number of fused-ring (bicyclic) bond motifs is 1. The molecule has 2 aromatic rings. The Morgan fingerprint density at radius 3 is 2.53 bits per heavy atom. The normalized spacial score (nSPS) is 17.1. The van der Waals surface area contributed by atoms with Crippen LogP contribution in [0.5, 0.6) is 0 Å². The lowest BCUT2D eigenvalue weighted by atomic mass is 10.0. The fourth-order valence-corrected chi connectivity index (χ4v) is 3.86. The highest BCUT2D eigenvalue weighted by atomic mass is 35.5. The Labute approximate surface area is 124 Å². The third-order valence-corrected chi connectivity index (χ3v) is 4.69. The zero-order valence-electron chi connectivity index (χ0n) is 9.95. The minimum absolute atomic E-state index is 0.502. The second-order valence-electron chi connectivity index (χ2n) is 4.45. The van der Waals surface area contributed by atoms with Crippen LogP contribution in [0.3, 0.4) is 0 Å². The quantitative estimate of drug-likeness (QED) is 0.905. The molecule has 0 saturated carbocycles. The van der Waals surface area contributed by atoms with E-state index in [9.17, 15) is 4.21 Å². The SMILES string of the molecule is O=S1CNc2ccc(Cc3cc(Cl)cc(Cl)c3)cc21. The van der Waals surface area contributed by atoms with Crippen LogP contribution in [0.4, 0.5) is 5.69 Å². The molecule has 19 heavy (non-hydrogen) atoms. The van der Waals surface area contributed by atoms with Crippen LogP contribution < -0.4 is 5.32 Å². The second kappa shape index (κ2) is 5.16. The molecule has 0 saturated heterocycles. The molecule has 0 spiro atoms. The predicted molar refractivity (Wildman–Crippen MR) is 80.6 cm³/mol. The predicted octanol–water partition coefficient (Wildman–Crippen LogP) is 4.07. The number of hydrogen-bond donors (Lipinski definition) is 1. The summed E-state index contributed by atoms with van der Waals surface area (Å²) in [5.74, 6) is 0.502. The summed E-state index contributed by atoms with van der Waals surface area (Å²) < 4.78 is 11.8. The molecule has 1 aliphatic heterocycles. The van der Waals surface area contributed by atoms with Crippen molar-refractivity contribution >= 4 is 39.7 Å². The number of nitrogens with one attached hydrogen (secondary N) is 1. The van der Waals surface area contributed by atoms with Gasteiger partial charge in [0.2, 0.25) is 0 Å². The van der Waals surface area contributed by atoms with Gasteiger partial charge in [0.15, 0.2) is 0 Å². The van der Waals surface area contributed by atoms with Crippen molar-refractivity contribution < 1.29 is 4.21 Å². The molecule has 0 amide bonds. The largest absolute Gasteiger partial charge is 0.372 e. The number of rotatable bonds is 2. The molecule has 0 radical (unpaired) electrons. The van der Waals surface area contributed by atoms with E-state index in [0.29, 0.717) is 15.9 Å². The zero-order valence-corrected chi connectivity index (χ0v) is 12.3. The molecule has 98 valence electrons. The standard InChI is InChI=1S/C14H11Cl2NOS/c15-11-4-10(5-12(16)7-11)3-9-1-2-13-14(6-9)19(18)8-17-13/h1-2,4-7,17H,3,8H2. The van der Waals surface area contributed by atoms with Gasteiger partial charge in [-0.25, -0.2) is 0 Å². The Morgan fingerprint density at radius 1 is 1.05 bits per heavy atom. The summed E-state index contributed by atoms with van der Waals surface area (Å²) in [7, 11) is -0.938. The number of halogens is 2. The van der Waals surface area contributed by atoms with Gasteiger partial charge in [0.05, 0.1) is 27.3 Å². The summed E-state index contributed by atoms with van der Waals surface area (Å²) >= 11 is 12.0. The van der Waals surface area contributed by atoms with Crippen molar-refractivity contribution in [3.8, 4) is 0 Å². The van der Waals surface area contributed by atoms with E-state index in [2.05, 4.69) is 5.32 Å². The van der Waals surface area contributed by atoms with Crippen molar-refractivity contribution in [3.63, 3.8) is 0 Å². The van der Waals surface area contributed by atoms with Gasteiger partial charge in [-0.05, 0) is 47.9 Å². The first-order valence-electron chi connectivity index (χ1n) is 5.82. The molecule has 1 atom stereocenters. The molecular formula is C14H11Cl2NOS. The van der Waals surface area contributed by atoms with E-state index in [-0.39, 0.29) is 0 Å². The minimum atomic E-state index is -0.938. The van der Waals surface area contributed by atoms with Crippen molar-refractivity contribution in [1.29, 1.82) is 0 Å². The number of benzene rings is 2. The molecule has 2 nitrogen and oxygen atoms in total. The Balaban J connectivity index is 1.91. The maximum Gasteiger partial charge on any atom is 0.0959 e. The highest BCUT2D eigenvalue weighted by Crippen LogP contribution is 2.28. The van der Waals surface area contributed by atoms with Gasteiger partial charge >= 0.3 is 0 Å². The summed E-state index contributed by atoms with van der Waals surface area (Å²) in [4.78, 5) is 0.880. The first kappa shape index (κ1) is 13.0. The van der Waals surface area contributed by atoms with Crippen molar-refractivity contribution in [3.05, 3.63) is 57.6 Å². The molecule has 0 bridgehead atoms. The highest BCUT2D eigenvalue weighted by molar-refractivity contribution is 7.85. The lowest BCUT2D eigenvalue weighted by Crippen LogP contribution is -1.94. The minimum Gasteiger partial charge on any atom is -0.372 e. The lowest BCUT2D eigenvalue weighted by Gasteiger charge is -2.06. The Kier molecular flexibility index (Phi) is 3.52. The van der Waals surface area contributed by atoms with Crippen LogP contribution >= 0.6 is 23.2 Å². The molecular weight excluding hydrogens is 301 g/mol. The van der Waals surface area contributed by atoms with Gasteiger partial charge in [0, 0.05) is 10.0 Å². The van der Waals surface area contributed by atoms with E-state index < -0.39 is 10.8 Å². The maximum absolute atomic E-state index is 11.8. The molecule has 1 unspecified atom stereocenters. The van der Waals surface area contributed by atoms with Gasteiger partial charge in [-0.1, -0.05) is 29.3 Å². The van der Waals surface area contributed by atoms with Gasteiger partial charge in [0.25, 0.3) is 0 Å².